The van der Waals surface area contributed by atoms with Gasteiger partial charge in [-0.2, -0.15) is 0 Å². The van der Waals surface area contributed by atoms with Gasteiger partial charge in [0.25, 0.3) is 0 Å². The van der Waals surface area contributed by atoms with Gasteiger partial charge < -0.3 is 10.5 Å². The summed E-state index contributed by atoms with van der Waals surface area (Å²) in [4.78, 5) is 0.646. The fraction of sp³-hybridized carbons (Fsp3) is 0.900. The minimum Gasteiger partial charge on any atom is -0.393 e. The highest BCUT2D eigenvalue weighted by molar-refractivity contribution is 7.80. The van der Waals surface area contributed by atoms with Crippen molar-refractivity contribution in [3.05, 3.63) is 0 Å². The summed E-state index contributed by atoms with van der Waals surface area (Å²) in [5.74, 6) is 0.862. The number of ether oxygens (including phenoxy) is 1. The van der Waals surface area contributed by atoms with Crippen molar-refractivity contribution in [2.75, 3.05) is 13.2 Å². The van der Waals surface area contributed by atoms with E-state index in [0.717, 1.165) is 25.6 Å². The molecule has 0 aromatic heterocycles. The second kappa shape index (κ2) is 3.54. The smallest absolute Gasteiger partial charge is 0.0733 e. The largest absolute Gasteiger partial charge is 0.393 e. The van der Waals surface area contributed by atoms with Crippen molar-refractivity contribution in [1.82, 2.24) is 0 Å². The highest BCUT2D eigenvalue weighted by atomic mass is 32.1. The van der Waals surface area contributed by atoms with E-state index in [-0.39, 0.29) is 0 Å². The van der Waals surface area contributed by atoms with Crippen molar-refractivity contribution < 1.29 is 4.74 Å². The molecule has 0 spiro atoms. The van der Waals surface area contributed by atoms with Crippen molar-refractivity contribution in [1.29, 1.82) is 0 Å². The Kier molecular flexibility index (Phi) is 2.56. The number of hydrogen-bond donors (Lipinski definition) is 1. The number of hydrogen-bond acceptors (Lipinski definition) is 2. The Hall–Kier alpha value is -0.150. The standard InChI is InChI=1S/C10H17NOS/c11-9(13)5-10(3-4-10)7-12-6-8-1-2-8/h8H,1-7H2,(H2,11,13). The molecule has 0 saturated heterocycles. The lowest BCUT2D eigenvalue weighted by Crippen LogP contribution is -2.20. The molecule has 2 nitrogen and oxygen atoms in total. The van der Waals surface area contributed by atoms with Crippen LogP contribution in [0.2, 0.25) is 0 Å². The van der Waals surface area contributed by atoms with Gasteiger partial charge >= 0.3 is 0 Å². The fourth-order valence-corrected chi connectivity index (χ4v) is 1.95. The average molecular weight is 199 g/mol. The minimum atomic E-state index is 0.348. The van der Waals surface area contributed by atoms with E-state index in [1.165, 1.54) is 25.7 Å². The number of rotatable bonds is 6. The van der Waals surface area contributed by atoms with Gasteiger partial charge in [-0.05, 0) is 31.6 Å². The van der Waals surface area contributed by atoms with Crippen LogP contribution < -0.4 is 5.73 Å². The van der Waals surface area contributed by atoms with Crippen LogP contribution >= 0.6 is 12.2 Å². The minimum absolute atomic E-state index is 0.348. The topological polar surface area (TPSA) is 35.2 Å². The zero-order valence-electron chi connectivity index (χ0n) is 7.92. The summed E-state index contributed by atoms with van der Waals surface area (Å²) in [7, 11) is 0. The predicted molar refractivity (Wildman–Crippen MR) is 56.6 cm³/mol. The molecule has 2 rings (SSSR count). The zero-order chi connectivity index (χ0) is 9.31. The fourth-order valence-electron chi connectivity index (χ4n) is 1.65. The number of thiocarbonyl (C=S) groups is 1. The van der Waals surface area contributed by atoms with Crippen LogP contribution in [-0.4, -0.2) is 18.2 Å². The van der Waals surface area contributed by atoms with Gasteiger partial charge in [0.1, 0.15) is 0 Å². The molecular weight excluding hydrogens is 182 g/mol. The molecule has 0 amide bonds. The first-order chi connectivity index (χ1) is 6.20. The van der Waals surface area contributed by atoms with Crippen LogP contribution in [0.4, 0.5) is 0 Å². The molecule has 2 N–H and O–H groups in total. The molecule has 0 aliphatic heterocycles. The van der Waals surface area contributed by atoms with E-state index >= 15 is 0 Å². The molecule has 13 heavy (non-hydrogen) atoms. The summed E-state index contributed by atoms with van der Waals surface area (Å²) in [5.41, 5.74) is 5.89. The van der Waals surface area contributed by atoms with E-state index in [9.17, 15) is 0 Å². The van der Waals surface area contributed by atoms with Gasteiger partial charge in [0.05, 0.1) is 11.6 Å². The second-order valence-electron chi connectivity index (χ2n) is 4.60. The Morgan fingerprint density at radius 3 is 2.62 bits per heavy atom. The molecule has 0 unspecified atom stereocenters. The zero-order valence-corrected chi connectivity index (χ0v) is 8.74. The van der Waals surface area contributed by atoms with Crippen LogP contribution in [0.25, 0.3) is 0 Å². The lowest BCUT2D eigenvalue weighted by molar-refractivity contribution is 0.0848. The first kappa shape index (κ1) is 9.41. The maximum Gasteiger partial charge on any atom is 0.0733 e. The molecule has 0 heterocycles. The van der Waals surface area contributed by atoms with Gasteiger partial charge in [-0.25, -0.2) is 0 Å². The number of nitrogens with two attached hydrogens (primary N) is 1. The van der Waals surface area contributed by atoms with E-state index in [4.69, 9.17) is 22.7 Å². The third-order valence-corrected chi connectivity index (χ3v) is 3.11. The lowest BCUT2D eigenvalue weighted by atomic mass is 10.0. The molecule has 74 valence electrons. The summed E-state index contributed by atoms with van der Waals surface area (Å²) in [6.45, 7) is 1.83. The summed E-state index contributed by atoms with van der Waals surface area (Å²) < 4.78 is 5.67. The molecule has 0 radical (unpaired) electrons. The van der Waals surface area contributed by atoms with E-state index < -0.39 is 0 Å². The summed E-state index contributed by atoms with van der Waals surface area (Å²) in [6, 6.07) is 0. The molecule has 2 saturated carbocycles. The Morgan fingerprint density at radius 2 is 2.15 bits per heavy atom. The Balaban J connectivity index is 1.64. The molecule has 2 aliphatic rings. The first-order valence-corrected chi connectivity index (χ1v) is 5.47. The van der Waals surface area contributed by atoms with Crippen LogP contribution in [0.3, 0.4) is 0 Å². The average Bonchev–Trinajstić information content (AvgIpc) is 2.86. The van der Waals surface area contributed by atoms with Crippen LogP contribution in [0.15, 0.2) is 0 Å². The molecule has 3 heteroatoms. The molecule has 2 fully saturated rings. The maximum atomic E-state index is 5.67. The molecule has 0 bridgehead atoms. The lowest BCUT2D eigenvalue weighted by Gasteiger charge is -2.13. The van der Waals surface area contributed by atoms with Crippen molar-refractivity contribution in [2.45, 2.75) is 32.1 Å². The molecular formula is C10H17NOS. The van der Waals surface area contributed by atoms with Crippen molar-refractivity contribution in [3.63, 3.8) is 0 Å². The van der Waals surface area contributed by atoms with E-state index in [0.29, 0.717) is 10.4 Å². The highest BCUT2D eigenvalue weighted by Crippen LogP contribution is 2.49. The van der Waals surface area contributed by atoms with Crippen LogP contribution in [0, 0.1) is 11.3 Å². The summed E-state index contributed by atoms with van der Waals surface area (Å²) in [6.07, 6.45) is 6.10. The molecule has 2 aliphatic carbocycles. The SMILES string of the molecule is NC(=S)CC1(COCC2CC2)CC1. The predicted octanol–water partition coefficient (Wildman–Crippen LogP) is 1.87. The Labute approximate surface area is 84.8 Å². The normalized spacial score (nSPS) is 24.3. The van der Waals surface area contributed by atoms with E-state index in [1.54, 1.807) is 0 Å². The van der Waals surface area contributed by atoms with Gasteiger partial charge in [-0.1, -0.05) is 12.2 Å². The van der Waals surface area contributed by atoms with Crippen LogP contribution in [0.1, 0.15) is 32.1 Å². The second-order valence-corrected chi connectivity index (χ2v) is 5.13. The van der Waals surface area contributed by atoms with Crippen LogP contribution in [-0.2, 0) is 4.74 Å². The highest BCUT2D eigenvalue weighted by Gasteiger charge is 2.43. The van der Waals surface area contributed by atoms with Crippen molar-refractivity contribution in [3.8, 4) is 0 Å². The van der Waals surface area contributed by atoms with Crippen molar-refractivity contribution >= 4 is 17.2 Å². The van der Waals surface area contributed by atoms with Crippen LogP contribution in [0.5, 0.6) is 0 Å². The summed E-state index contributed by atoms with van der Waals surface area (Å²) >= 11 is 4.92. The first-order valence-electron chi connectivity index (χ1n) is 5.06. The van der Waals surface area contributed by atoms with Crippen molar-refractivity contribution in [2.24, 2.45) is 17.1 Å². The summed E-state index contributed by atoms with van der Waals surface area (Å²) in [5, 5.41) is 0. The Bertz CT molecular complexity index is 209. The van der Waals surface area contributed by atoms with Gasteiger partial charge in [0.2, 0.25) is 0 Å². The van der Waals surface area contributed by atoms with Gasteiger partial charge in [0, 0.05) is 18.4 Å². The third-order valence-electron chi connectivity index (χ3n) is 2.97. The third kappa shape index (κ3) is 2.92. The molecule has 0 aromatic carbocycles. The van der Waals surface area contributed by atoms with Gasteiger partial charge in [-0.15, -0.1) is 0 Å². The maximum absolute atomic E-state index is 5.67. The molecule has 0 aromatic rings. The van der Waals surface area contributed by atoms with E-state index in [1.807, 2.05) is 0 Å². The monoisotopic (exact) mass is 199 g/mol. The Morgan fingerprint density at radius 1 is 1.46 bits per heavy atom. The quantitative estimate of drug-likeness (QED) is 0.663. The van der Waals surface area contributed by atoms with Gasteiger partial charge in [0.15, 0.2) is 0 Å². The van der Waals surface area contributed by atoms with E-state index in [2.05, 4.69) is 0 Å². The van der Waals surface area contributed by atoms with Gasteiger partial charge in [-0.3, -0.25) is 0 Å². The molecule has 0 atom stereocenters.